The van der Waals surface area contributed by atoms with Crippen LogP contribution in [0.1, 0.15) is 67.7 Å². The number of hydrogen-bond donors (Lipinski definition) is 1. The first-order valence-electron chi connectivity index (χ1n) is 10.6. The van der Waals surface area contributed by atoms with Gasteiger partial charge < -0.3 is 14.8 Å². The Morgan fingerprint density at radius 2 is 1.89 bits per heavy atom. The maximum atomic E-state index is 12.7. The highest BCUT2D eigenvalue weighted by Gasteiger charge is 2.28. The number of likely N-dealkylation sites (tertiary alicyclic amines) is 1. The summed E-state index contributed by atoms with van der Waals surface area (Å²) in [5.74, 6) is 3.41. The highest BCUT2D eigenvalue weighted by atomic mass is 16.2. The largest absolute Gasteiger partial charge is 0.343 e. The Balaban J connectivity index is 1.27. The first-order chi connectivity index (χ1) is 13.6. The molecule has 28 heavy (non-hydrogen) atoms. The van der Waals surface area contributed by atoms with Crippen molar-refractivity contribution in [1.82, 2.24) is 25.0 Å². The molecule has 150 valence electrons. The molecular formula is C22H31N5O. The zero-order valence-electron chi connectivity index (χ0n) is 17.0. The molecule has 0 saturated carbocycles. The number of benzene rings is 1. The molecule has 3 heterocycles. The lowest BCUT2D eigenvalue weighted by molar-refractivity contribution is -0.132. The Morgan fingerprint density at radius 3 is 2.61 bits per heavy atom. The molecule has 2 aliphatic heterocycles. The van der Waals surface area contributed by atoms with Crippen molar-refractivity contribution in [1.29, 1.82) is 0 Å². The van der Waals surface area contributed by atoms with Crippen molar-refractivity contribution in [2.24, 2.45) is 0 Å². The van der Waals surface area contributed by atoms with Crippen molar-refractivity contribution < 1.29 is 4.79 Å². The number of rotatable bonds is 5. The van der Waals surface area contributed by atoms with Crippen LogP contribution < -0.4 is 5.32 Å². The average molecular weight is 382 g/mol. The molecule has 0 radical (unpaired) electrons. The Hall–Kier alpha value is -2.21. The summed E-state index contributed by atoms with van der Waals surface area (Å²) in [7, 11) is 0. The van der Waals surface area contributed by atoms with Gasteiger partial charge in [-0.2, -0.15) is 0 Å². The normalized spacial score (nSPS) is 17.8. The molecule has 0 spiro atoms. The standard InChI is InChI=1S/C22H31N5O/c1-16(2)18-6-3-17(4-7-18)5-8-21(28)26-12-9-19(10-13-26)22-25-24-20-15-23-11-14-27(20)22/h3-4,6-7,16,19,23H,5,8-15H2,1-2H3. The van der Waals surface area contributed by atoms with Crippen LogP contribution in [0.3, 0.4) is 0 Å². The lowest BCUT2D eigenvalue weighted by atomic mass is 9.95. The maximum absolute atomic E-state index is 12.7. The van der Waals surface area contributed by atoms with Gasteiger partial charge in [0.05, 0.1) is 6.54 Å². The van der Waals surface area contributed by atoms with Crippen molar-refractivity contribution >= 4 is 5.91 Å². The van der Waals surface area contributed by atoms with E-state index in [2.05, 4.69) is 58.2 Å². The third kappa shape index (κ3) is 4.12. The minimum atomic E-state index is 0.277. The van der Waals surface area contributed by atoms with Crippen molar-refractivity contribution in [2.45, 2.75) is 64.5 Å². The Morgan fingerprint density at radius 1 is 1.14 bits per heavy atom. The molecule has 1 amide bonds. The van der Waals surface area contributed by atoms with Gasteiger partial charge in [0.2, 0.25) is 5.91 Å². The zero-order chi connectivity index (χ0) is 19.5. The topological polar surface area (TPSA) is 63.1 Å². The zero-order valence-corrected chi connectivity index (χ0v) is 17.0. The van der Waals surface area contributed by atoms with Crippen LogP contribution in [0.15, 0.2) is 24.3 Å². The fraction of sp³-hybridized carbons (Fsp3) is 0.591. The van der Waals surface area contributed by atoms with Crippen LogP contribution in [-0.4, -0.2) is 45.2 Å². The fourth-order valence-corrected chi connectivity index (χ4v) is 4.28. The van der Waals surface area contributed by atoms with Crippen LogP contribution in [0.25, 0.3) is 0 Å². The molecule has 4 rings (SSSR count). The number of aryl methyl sites for hydroxylation is 1. The molecule has 6 heteroatoms. The molecule has 0 aliphatic carbocycles. The highest BCUT2D eigenvalue weighted by Crippen LogP contribution is 2.28. The van der Waals surface area contributed by atoms with E-state index in [1.165, 1.54) is 11.1 Å². The summed E-state index contributed by atoms with van der Waals surface area (Å²) < 4.78 is 2.28. The van der Waals surface area contributed by atoms with Gasteiger partial charge in [-0.1, -0.05) is 38.1 Å². The molecule has 1 aromatic heterocycles. The molecule has 0 bridgehead atoms. The number of amides is 1. The maximum Gasteiger partial charge on any atom is 0.222 e. The summed E-state index contributed by atoms with van der Waals surface area (Å²) in [6.07, 6.45) is 3.39. The first kappa shape index (κ1) is 19.1. The number of fused-ring (bicyclic) bond motifs is 1. The summed E-state index contributed by atoms with van der Waals surface area (Å²) in [5, 5.41) is 12.1. The fourth-order valence-electron chi connectivity index (χ4n) is 4.28. The smallest absolute Gasteiger partial charge is 0.222 e. The number of piperidine rings is 1. The highest BCUT2D eigenvalue weighted by molar-refractivity contribution is 5.76. The molecule has 1 fully saturated rings. The van der Waals surface area contributed by atoms with Crippen LogP contribution in [-0.2, 0) is 24.3 Å². The van der Waals surface area contributed by atoms with Crippen LogP contribution in [0.5, 0.6) is 0 Å². The van der Waals surface area contributed by atoms with Gasteiger partial charge in [-0.3, -0.25) is 4.79 Å². The minimum absolute atomic E-state index is 0.277. The van der Waals surface area contributed by atoms with Gasteiger partial charge in [0.15, 0.2) is 0 Å². The van der Waals surface area contributed by atoms with Gasteiger partial charge in [-0.05, 0) is 36.3 Å². The van der Waals surface area contributed by atoms with Crippen LogP contribution in [0.2, 0.25) is 0 Å². The molecule has 2 aromatic rings. The Kier molecular flexibility index (Phi) is 5.76. The summed E-state index contributed by atoms with van der Waals surface area (Å²) in [4.78, 5) is 14.7. The summed E-state index contributed by atoms with van der Waals surface area (Å²) >= 11 is 0. The molecule has 2 aliphatic rings. The van der Waals surface area contributed by atoms with Crippen molar-refractivity contribution in [3.63, 3.8) is 0 Å². The van der Waals surface area contributed by atoms with E-state index in [0.717, 1.165) is 63.6 Å². The van der Waals surface area contributed by atoms with Gasteiger partial charge in [-0.15, -0.1) is 10.2 Å². The second kappa shape index (κ2) is 8.43. The summed E-state index contributed by atoms with van der Waals surface area (Å²) in [6, 6.07) is 8.70. The van der Waals surface area contributed by atoms with E-state index in [1.54, 1.807) is 0 Å². The lowest BCUT2D eigenvalue weighted by Crippen LogP contribution is -2.39. The van der Waals surface area contributed by atoms with Gasteiger partial charge in [-0.25, -0.2) is 0 Å². The number of carbonyl (C=O) groups excluding carboxylic acids is 1. The quantitative estimate of drug-likeness (QED) is 0.865. The van der Waals surface area contributed by atoms with E-state index in [0.29, 0.717) is 18.3 Å². The van der Waals surface area contributed by atoms with Crippen LogP contribution in [0, 0.1) is 0 Å². The van der Waals surface area contributed by atoms with E-state index >= 15 is 0 Å². The second-order valence-corrected chi connectivity index (χ2v) is 8.35. The third-order valence-electron chi connectivity index (χ3n) is 6.14. The van der Waals surface area contributed by atoms with Gasteiger partial charge >= 0.3 is 0 Å². The minimum Gasteiger partial charge on any atom is -0.343 e. The summed E-state index contributed by atoms with van der Waals surface area (Å²) in [6.45, 7) is 8.80. The molecule has 1 aromatic carbocycles. The molecule has 1 N–H and O–H groups in total. The van der Waals surface area contributed by atoms with Crippen molar-refractivity contribution in [2.75, 3.05) is 19.6 Å². The lowest BCUT2D eigenvalue weighted by Gasteiger charge is -2.32. The van der Waals surface area contributed by atoms with E-state index in [-0.39, 0.29) is 5.91 Å². The monoisotopic (exact) mass is 381 g/mol. The molecular weight excluding hydrogens is 350 g/mol. The second-order valence-electron chi connectivity index (χ2n) is 8.35. The van der Waals surface area contributed by atoms with E-state index < -0.39 is 0 Å². The van der Waals surface area contributed by atoms with Gasteiger partial charge in [0, 0.05) is 38.5 Å². The van der Waals surface area contributed by atoms with Gasteiger partial charge in [0.25, 0.3) is 0 Å². The molecule has 0 atom stereocenters. The third-order valence-corrected chi connectivity index (χ3v) is 6.14. The number of aromatic nitrogens is 3. The van der Waals surface area contributed by atoms with E-state index in [1.807, 2.05) is 4.90 Å². The van der Waals surface area contributed by atoms with Crippen LogP contribution in [0.4, 0.5) is 0 Å². The SMILES string of the molecule is CC(C)c1ccc(CCC(=O)N2CCC(c3nnc4n3CCNC4)CC2)cc1. The first-order valence-corrected chi connectivity index (χ1v) is 10.6. The average Bonchev–Trinajstić information content (AvgIpc) is 3.16. The molecule has 1 saturated heterocycles. The molecule has 0 unspecified atom stereocenters. The molecule has 6 nitrogen and oxygen atoms in total. The number of nitrogens with zero attached hydrogens (tertiary/aromatic N) is 4. The number of nitrogens with one attached hydrogen (secondary N) is 1. The van der Waals surface area contributed by atoms with Gasteiger partial charge in [0.1, 0.15) is 11.6 Å². The van der Waals surface area contributed by atoms with Crippen molar-refractivity contribution in [3.05, 3.63) is 47.0 Å². The van der Waals surface area contributed by atoms with E-state index in [9.17, 15) is 4.79 Å². The Bertz CT molecular complexity index is 803. The predicted octanol–water partition coefficient (Wildman–Crippen LogP) is 2.84. The summed E-state index contributed by atoms with van der Waals surface area (Å²) in [5.41, 5.74) is 2.60. The van der Waals surface area contributed by atoms with E-state index in [4.69, 9.17) is 0 Å². The van der Waals surface area contributed by atoms with Crippen LogP contribution >= 0.6 is 0 Å². The number of hydrogen-bond acceptors (Lipinski definition) is 4. The Labute approximate surface area is 167 Å². The predicted molar refractivity (Wildman–Crippen MR) is 109 cm³/mol. The number of carbonyl (C=O) groups is 1. The van der Waals surface area contributed by atoms with Crippen molar-refractivity contribution in [3.8, 4) is 0 Å².